The van der Waals surface area contributed by atoms with Crippen molar-refractivity contribution < 1.29 is 14.3 Å². The van der Waals surface area contributed by atoms with Gasteiger partial charge in [0.05, 0.1) is 12.3 Å². The third kappa shape index (κ3) is 2.26. The molecular formula is C11H13NO3. The summed E-state index contributed by atoms with van der Waals surface area (Å²) in [5.74, 6) is 0. The Kier molecular flexibility index (Phi) is 2.85. The fraction of sp³-hybridized carbons (Fsp3) is 0.455. The molecule has 0 fully saturated rings. The molecule has 1 atom stereocenters. The zero-order valence-electron chi connectivity index (χ0n) is 8.60. The molecule has 0 saturated heterocycles. The Hall–Kier alpha value is -1.58. The monoisotopic (exact) mass is 207 g/mol. The molecule has 0 amide bonds. The number of hydrogen-bond donors (Lipinski definition) is 0. The minimum absolute atomic E-state index is 0.133. The molecule has 0 N–H and O–H groups in total. The van der Waals surface area contributed by atoms with E-state index in [1.807, 2.05) is 12.2 Å². The van der Waals surface area contributed by atoms with E-state index in [2.05, 4.69) is 4.99 Å². The Labute approximate surface area is 88.3 Å². The number of allylic oxidation sites excluding steroid dienone is 2. The van der Waals surface area contributed by atoms with Gasteiger partial charge in [-0.15, -0.1) is 0 Å². The molecule has 1 aliphatic heterocycles. The van der Waals surface area contributed by atoms with Gasteiger partial charge in [-0.2, -0.15) is 0 Å². The van der Waals surface area contributed by atoms with Gasteiger partial charge in [0.1, 0.15) is 6.10 Å². The molecule has 1 heterocycles. The smallest absolute Gasteiger partial charge is 0.435 e. The summed E-state index contributed by atoms with van der Waals surface area (Å²) in [6, 6.07) is 0. The molecule has 2 aliphatic rings. The Bertz CT molecular complexity index is 355. The number of nitrogens with zero attached hydrogens (tertiary/aromatic N) is 1. The van der Waals surface area contributed by atoms with E-state index in [0.29, 0.717) is 13.0 Å². The van der Waals surface area contributed by atoms with Crippen molar-refractivity contribution >= 4 is 11.9 Å². The van der Waals surface area contributed by atoms with Gasteiger partial charge in [-0.05, 0) is 18.6 Å². The highest BCUT2D eigenvalue weighted by atomic mass is 16.7. The molecule has 0 bridgehead atoms. The van der Waals surface area contributed by atoms with Gasteiger partial charge >= 0.3 is 6.16 Å². The molecule has 4 heteroatoms. The summed E-state index contributed by atoms with van der Waals surface area (Å²) in [5, 5.41) is 0. The quantitative estimate of drug-likeness (QED) is 0.652. The highest BCUT2D eigenvalue weighted by Gasteiger charge is 2.23. The molecule has 0 radical (unpaired) electrons. The summed E-state index contributed by atoms with van der Waals surface area (Å²) in [7, 11) is 0. The van der Waals surface area contributed by atoms with E-state index in [1.54, 1.807) is 13.1 Å². The van der Waals surface area contributed by atoms with Crippen LogP contribution in [0.3, 0.4) is 0 Å². The first-order valence-electron chi connectivity index (χ1n) is 5.06. The number of carbonyl (C=O) groups is 1. The molecule has 0 aromatic rings. The zero-order chi connectivity index (χ0) is 10.7. The van der Waals surface area contributed by atoms with Crippen molar-refractivity contribution in [1.82, 2.24) is 0 Å². The van der Waals surface area contributed by atoms with Crippen LogP contribution in [0.2, 0.25) is 0 Å². The van der Waals surface area contributed by atoms with Crippen LogP contribution >= 0.6 is 0 Å². The molecule has 1 aliphatic carbocycles. The second kappa shape index (κ2) is 4.29. The van der Waals surface area contributed by atoms with Crippen LogP contribution in [0.5, 0.6) is 0 Å². The minimum atomic E-state index is -0.592. The molecule has 80 valence electrons. The number of ether oxygens (including phenoxy) is 2. The minimum Gasteiger partial charge on any atom is -0.435 e. The van der Waals surface area contributed by atoms with Gasteiger partial charge in [0, 0.05) is 19.0 Å². The van der Waals surface area contributed by atoms with E-state index >= 15 is 0 Å². The second-order valence-corrected chi connectivity index (χ2v) is 3.41. The molecule has 0 saturated carbocycles. The second-order valence-electron chi connectivity index (χ2n) is 3.41. The normalized spacial score (nSPS) is 22.9. The van der Waals surface area contributed by atoms with Gasteiger partial charge in [0.2, 0.25) is 0 Å². The molecule has 4 nitrogen and oxygen atoms in total. The molecular weight excluding hydrogens is 194 g/mol. The van der Waals surface area contributed by atoms with Crippen LogP contribution in [0.25, 0.3) is 0 Å². The highest BCUT2D eigenvalue weighted by molar-refractivity contribution is 6.05. The van der Waals surface area contributed by atoms with Crippen molar-refractivity contribution in [1.29, 1.82) is 0 Å². The molecule has 0 spiro atoms. The van der Waals surface area contributed by atoms with E-state index in [1.165, 1.54) is 0 Å². The number of aliphatic imine (C=N–C) groups is 1. The molecule has 1 unspecified atom stereocenters. The van der Waals surface area contributed by atoms with Crippen LogP contribution in [0.4, 0.5) is 4.79 Å². The van der Waals surface area contributed by atoms with Crippen LogP contribution in [0, 0.1) is 0 Å². The van der Waals surface area contributed by atoms with Gasteiger partial charge in [-0.1, -0.05) is 6.08 Å². The molecule has 2 rings (SSSR count). The maximum atomic E-state index is 11.1. The predicted molar refractivity (Wildman–Crippen MR) is 55.8 cm³/mol. The van der Waals surface area contributed by atoms with Gasteiger partial charge in [0.15, 0.2) is 0 Å². The van der Waals surface area contributed by atoms with Crippen molar-refractivity contribution in [3.8, 4) is 0 Å². The largest absolute Gasteiger partial charge is 0.508 e. The summed E-state index contributed by atoms with van der Waals surface area (Å²) >= 11 is 0. The SMILES string of the molecule is CCOC(=O)OC1CC=C2C=CN=C2C1. The van der Waals surface area contributed by atoms with Crippen molar-refractivity contribution in [2.45, 2.75) is 25.9 Å². The number of carbonyl (C=O) groups excluding carboxylic acids is 1. The maximum absolute atomic E-state index is 11.1. The van der Waals surface area contributed by atoms with Crippen LogP contribution in [-0.4, -0.2) is 24.6 Å². The molecule has 15 heavy (non-hydrogen) atoms. The number of rotatable bonds is 2. The molecule has 0 aromatic heterocycles. The summed E-state index contributed by atoms with van der Waals surface area (Å²) in [5.41, 5.74) is 2.15. The van der Waals surface area contributed by atoms with E-state index in [9.17, 15) is 4.79 Å². The van der Waals surface area contributed by atoms with E-state index in [4.69, 9.17) is 9.47 Å². The lowest BCUT2D eigenvalue weighted by molar-refractivity contribution is 0.0291. The summed E-state index contributed by atoms with van der Waals surface area (Å²) in [6.07, 6.45) is 6.46. The predicted octanol–water partition coefficient (Wildman–Crippen LogP) is 2.22. The molecule has 0 aromatic carbocycles. The third-order valence-electron chi connectivity index (χ3n) is 2.36. The average Bonchev–Trinajstić information content (AvgIpc) is 2.65. The van der Waals surface area contributed by atoms with Crippen LogP contribution in [0.15, 0.2) is 28.9 Å². The third-order valence-corrected chi connectivity index (χ3v) is 2.36. The van der Waals surface area contributed by atoms with Crippen molar-refractivity contribution in [2.75, 3.05) is 6.61 Å². The summed E-state index contributed by atoms with van der Waals surface area (Å²) < 4.78 is 9.84. The van der Waals surface area contributed by atoms with Crippen molar-refractivity contribution in [3.63, 3.8) is 0 Å². The van der Waals surface area contributed by atoms with E-state index in [-0.39, 0.29) is 6.10 Å². The Morgan fingerprint density at radius 1 is 1.67 bits per heavy atom. The van der Waals surface area contributed by atoms with Gasteiger partial charge < -0.3 is 9.47 Å². The van der Waals surface area contributed by atoms with Crippen molar-refractivity contribution in [3.05, 3.63) is 23.9 Å². The van der Waals surface area contributed by atoms with Crippen molar-refractivity contribution in [2.24, 2.45) is 4.99 Å². The Morgan fingerprint density at radius 2 is 2.53 bits per heavy atom. The van der Waals surface area contributed by atoms with Crippen LogP contribution in [0.1, 0.15) is 19.8 Å². The Morgan fingerprint density at radius 3 is 3.33 bits per heavy atom. The lowest BCUT2D eigenvalue weighted by Crippen LogP contribution is -2.24. The van der Waals surface area contributed by atoms with Crippen LogP contribution < -0.4 is 0 Å². The average molecular weight is 207 g/mol. The standard InChI is InChI=1S/C11H13NO3/c1-2-14-11(13)15-9-4-3-8-5-6-12-10(8)7-9/h3,5-6,9H,2,4,7H2,1H3. The number of fused-ring (bicyclic) bond motifs is 1. The van der Waals surface area contributed by atoms with Gasteiger partial charge in [0.25, 0.3) is 0 Å². The first kappa shape index (κ1) is 9.96. The van der Waals surface area contributed by atoms with E-state index in [0.717, 1.165) is 17.7 Å². The topological polar surface area (TPSA) is 47.9 Å². The van der Waals surface area contributed by atoms with Crippen LogP contribution in [-0.2, 0) is 9.47 Å². The fourth-order valence-corrected chi connectivity index (χ4v) is 1.67. The first-order valence-corrected chi connectivity index (χ1v) is 5.06. The lowest BCUT2D eigenvalue weighted by Gasteiger charge is -2.20. The van der Waals surface area contributed by atoms with Gasteiger partial charge in [-0.3, -0.25) is 4.99 Å². The maximum Gasteiger partial charge on any atom is 0.508 e. The number of hydrogen-bond acceptors (Lipinski definition) is 4. The fourth-order valence-electron chi connectivity index (χ4n) is 1.67. The Balaban J connectivity index is 1.90. The van der Waals surface area contributed by atoms with Gasteiger partial charge in [-0.25, -0.2) is 4.79 Å². The lowest BCUT2D eigenvalue weighted by atomic mass is 9.96. The first-order chi connectivity index (χ1) is 7.29. The summed E-state index contributed by atoms with van der Waals surface area (Å²) in [6.45, 7) is 2.10. The highest BCUT2D eigenvalue weighted by Crippen LogP contribution is 2.23. The zero-order valence-corrected chi connectivity index (χ0v) is 8.60. The van der Waals surface area contributed by atoms with E-state index < -0.39 is 6.16 Å². The summed E-state index contributed by atoms with van der Waals surface area (Å²) in [4.78, 5) is 15.3.